The average Bonchev–Trinajstić information content (AvgIpc) is 2.72. The number of thiocarbonyl (C=S) groups is 1. The van der Waals surface area contributed by atoms with Crippen LogP contribution in [0.4, 0.5) is 0 Å². The lowest BCUT2D eigenvalue weighted by Crippen LogP contribution is -2.49. The highest BCUT2D eigenvalue weighted by Gasteiger charge is 2.10. The van der Waals surface area contributed by atoms with Crippen molar-refractivity contribution in [3.05, 3.63) is 57.5 Å². The predicted molar refractivity (Wildman–Crippen MR) is 123 cm³/mol. The van der Waals surface area contributed by atoms with Crippen LogP contribution in [-0.2, 0) is 4.79 Å². The first-order valence-corrected chi connectivity index (χ1v) is 10.7. The average molecular weight is 515 g/mol. The van der Waals surface area contributed by atoms with Gasteiger partial charge in [0.2, 0.25) is 0 Å². The SMILES string of the molecule is CCCCOc1ccc(C(=O)NC(=S)NNC(=O)COc2ccc(Br)cc2Cl)cc1. The van der Waals surface area contributed by atoms with Crippen LogP contribution in [0.25, 0.3) is 0 Å². The fourth-order valence-electron chi connectivity index (χ4n) is 2.14. The molecule has 0 radical (unpaired) electrons. The highest BCUT2D eigenvalue weighted by Crippen LogP contribution is 2.27. The largest absolute Gasteiger partial charge is 0.494 e. The number of ether oxygens (including phenoxy) is 2. The van der Waals surface area contributed by atoms with E-state index in [-0.39, 0.29) is 11.7 Å². The van der Waals surface area contributed by atoms with E-state index in [2.05, 4.69) is 39.0 Å². The molecule has 0 aliphatic heterocycles. The molecule has 10 heteroatoms. The summed E-state index contributed by atoms with van der Waals surface area (Å²) in [6, 6.07) is 11.7. The normalized spacial score (nSPS) is 10.1. The van der Waals surface area contributed by atoms with Gasteiger partial charge in [-0.05, 0) is 61.1 Å². The summed E-state index contributed by atoms with van der Waals surface area (Å²) in [6.07, 6.45) is 2.01. The van der Waals surface area contributed by atoms with Crippen molar-refractivity contribution in [1.29, 1.82) is 0 Å². The van der Waals surface area contributed by atoms with E-state index in [4.69, 9.17) is 33.3 Å². The Kier molecular flexibility index (Phi) is 9.85. The van der Waals surface area contributed by atoms with E-state index in [0.29, 0.717) is 28.7 Å². The number of carbonyl (C=O) groups excluding carboxylic acids is 2. The number of hydrazine groups is 1. The van der Waals surface area contributed by atoms with E-state index in [0.717, 1.165) is 17.3 Å². The summed E-state index contributed by atoms with van der Waals surface area (Å²) in [5.41, 5.74) is 5.18. The first kappa shape index (κ1) is 23.9. The molecule has 0 unspecified atom stereocenters. The summed E-state index contributed by atoms with van der Waals surface area (Å²) >= 11 is 14.3. The third-order valence-corrected chi connectivity index (χ3v) is 4.67. The Morgan fingerprint density at radius 3 is 2.50 bits per heavy atom. The maximum atomic E-state index is 12.2. The summed E-state index contributed by atoms with van der Waals surface area (Å²) in [7, 11) is 0. The number of rotatable bonds is 8. The fourth-order valence-corrected chi connectivity index (χ4v) is 3.01. The second kappa shape index (κ2) is 12.4. The zero-order valence-corrected chi connectivity index (χ0v) is 19.3. The molecule has 3 N–H and O–H groups in total. The molecule has 0 fully saturated rings. The van der Waals surface area contributed by atoms with Gasteiger partial charge in [-0.15, -0.1) is 0 Å². The molecule has 0 aromatic heterocycles. The van der Waals surface area contributed by atoms with Crippen molar-refractivity contribution in [2.45, 2.75) is 19.8 Å². The molecule has 0 aliphatic rings. The Hall–Kier alpha value is -2.36. The van der Waals surface area contributed by atoms with Gasteiger partial charge in [-0.25, -0.2) is 0 Å². The summed E-state index contributed by atoms with van der Waals surface area (Å²) < 4.78 is 11.7. The zero-order valence-electron chi connectivity index (χ0n) is 16.2. The molecule has 30 heavy (non-hydrogen) atoms. The van der Waals surface area contributed by atoms with Crippen LogP contribution in [0.5, 0.6) is 11.5 Å². The Bertz CT molecular complexity index is 896. The van der Waals surface area contributed by atoms with Crippen LogP contribution in [0.2, 0.25) is 5.02 Å². The molecule has 0 atom stereocenters. The van der Waals surface area contributed by atoms with Crippen molar-refractivity contribution in [3.63, 3.8) is 0 Å². The Balaban J connectivity index is 1.72. The number of hydrogen-bond acceptors (Lipinski definition) is 5. The van der Waals surface area contributed by atoms with Crippen LogP contribution in [0, 0.1) is 0 Å². The van der Waals surface area contributed by atoms with Gasteiger partial charge in [0.25, 0.3) is 11.8 Å². The molecular formula is C20H21BrClN3O4S. The highest BCUT2D eigenvalue weighted by molar-refractivity contribution is 9.10. The zero-order chi connectivity index (χ0) is 21.9. The van der Waals surface area contributed by atoms with Crippen molar-refractivity contribution >= 4 is 56.7 Å². The van der Waals surface area contributed by atoms with Crippen molar-refractivity contribution in [2.75, 3.05) is 13.2 Å². The second-order valence-corrected chi connectivity index (χ2v) is 7.78. The molecule has 7 nitrogen and oxygen atoms in total. The van der Waals surface area contributed by atoms with Crippen LogP contribution in [0.3, 0.4) is 0 Å². The third-order valence-electron chi connectivity index (χ3n) is 3.68. The lowest BCUT2D eigenvalue weighted by molar-refractivity contribution is -0.123. The van der Waals surface area contributed by atoms with Crippen LogP contribution in [0.1, 0.15) is 30.1 Å². The van der Waals surface area contributed by atoms with E-state index in [1.54, 1.807) is 42.5 Å². The topological polar surface area (TPSA) is 88.7 Å². The fraction of sp³-hybridized carbons (Fsp3) is 0.250. The molecule has 2 aromatic rings. The molecule has 0 aliphatic carbocycles. The number of carbonyl (C=O) groups is 2. The predicted octanol–water partition coefficient (Wildman–Crippen LogP) is 4.00. The molecule has 0 spiro atoms. The van der Waals surface area contributed by atoms with Gasteiger partial charge in [-0.2, -0.15) is 0 Å². The Morgan fingerprint density at radius 1 is 1.10 bits per heavy atom. The number of nitrogens with one attached hydrogen (secondary N) is 3. The van der Waals surface area contributed by atoms with Crippen molar-refractivity contribution < 1.29 is 19.1 Å². The quantitative estimate of drug-likeness (QED) is 0.280. The van der Waals surface area contributed by atoms with E-state index >= 15 is 0 Å². The number of unbranched alkanes of at least 4 members (excludes halogenated alkanes) is 1. The monoisotopic (exact) mass is 513 g/mol. The molecule has 0 saturated carbocycles. The van der Waals surface area contributed by atoms with Crippen molar-refractivity contribution in [1.82, 2.24) is 16.2 Å². The Labute approximate surface area is 193 Å². The van der Waals surface area contributed by atoms with E-state index < -0.39 is 11.8 Å². The first-order chi connectivity index (χ1) is 14.4. The standard InChI is InChI=1S/C20H21BrClN3O4S/c1-2-3-10-28-15-7-4-13(5-8-15)19(27)23-20(30)25-24-18(26)12-29-17-9-6-14(21)11-16(17)22/h4-9,11H,2-3,10,12H2,1H3,(H,24,26)(H2,23,25,27,30). The minimum absolute atomic E-state index is 0.0571. The summed E-state index contributed by atoms with van der Waals surface area (Å²) in [6.45, 7) is 2.43. The van der Waals surface area contributed by atoms with Gasteiger partial charge in [0, 0.05) is 10.0 Å². The maximum Gasteiger partial charge on any atom is 0.276 e. The van der Waals surface area contributed by atoms with E-state index in [1.807, 2.05) is 0 Å². The van der Waals surface area contributed by atoms with Gasteiger partial charge in [0.15, 0.2) is 11.7 Å². The molecule has 2 aromatic carbocycles. The smallest absolute Gasteiger partial charge is 0.276 e. The molecule has 0 heterocycles. The molecule has 0 bridgehead atoms. The van der Waals surface area contributed by atoms with Gasteiger partial charge < -0.3 is 9.47 Å². The first-order valence-electron chi connectivity index (χ1n) is 9.10. The van der Waals surface area contributed by atoms with E-state index in [9.17, 15) is 9.59 Å². The maximum absolute atomic E-state index is 12.2. The molecule has 160 valence electrons. The highest BCUT2D eigenvalue weighted by atomic mass is 79.9. The van der Waals surface area contributed by atoms with Crippen molar-refractivity contribution in [3.8, 4) is 11.5 Å². The molecule has 2 amide bonds. The lowest BCUT2D eigenvalue weighted by atomic mass is 10.2. The number of benzene rings is 2. The van der Waals surface area contributed by atoms with Crippen LogP contribution >= 0.6 is 39.7 Å². The van der Waals surface area contributed by atoms with E-state index in [1.165, 1.54) is 0 Å². The van der Waals surface area contributed by atoms with Gasteiger partial charge in [-0.3, -0.25) is 25.8 Å². The number of amides is 2. The second-order valence-electron chi connectivity index (χ2n) is 6.05. The minimum atomic E-state index is -0.501. The molecular weight excluding hydrogens is 494 g/mol. The van der Waals surface area contributed by atoms with Crippen LogP contribution in [-0.4, -0.2) is 30.1 Å². The van der Waals surface area contributed by atoms with Crippen LogP contribution in [0.15, 0.2) is 46.9 Å². The lowest BCUT2D eigenvalue weighted by Gasteiger charge is -2.12. The summed E-state index contributed by atoms with van der Waals surface area (Å²) in [5.74, 6) is 0.144. The van der Waals surface area contributed by atoms with Gasteiger partial charge in [0.05, 0.1) is 11.6 Å². The number of hydrogen-bond donors (Lipinski definition) is 3. The van der Waals surface area contributed by atoms with Crippen molar-refractivity contribution in [2.24, 2.45) is 0 Å². The van der Waals surface area contributed by atoms with Gasteiger partial charge >= 0.3 is 0 Å². The third kappa shape index (κ3) is 8.17. The molecule has 2 rings (SSSR count). The number of halogens is 2. The summed E-state index contributed by atoms with van der Waals surface area (Å²) in [4.78, 5) is 24.1. The molecule has 0 saturated heterocycles. The van der Waals surface area contributed by atoms with Crippen LogP contribution < -0.4 is 25.6 Å². The van der Waals surface area contributed by atoms with Gasteiger partial charge in [0.1, 0.15) is 11.5 Å². The van der Waals surface area contributed by atoms with Gasteiger partial charge in [-0.1, -0.05) is 40.9 Å². The minimum Gasteiger partial charge on any atom is -0.494 e. The summed E-state index contributed by atoms with van der Waals surface area (Å²) in [5, 5.41) is 2.78. The Morgan fingerprint density at radius 2 is 1.83 bits per heavy atom.